The number of halogens is 4. The first-order valence-corrected chi connectivity index (χ1v) is 13.2. The second-order valence-electron chi connectivity index (χ2n) is 8.58. The van der Waals surface area contributed by atoms with Crippen LogP contribution in [0, 0.1) is 24.5 Å². The zero-order chi connectivity index (χ0) is 29.2. The third-order valence-electron chi connectivity index (χ3n) is 5.63. The van der Waals surface area contributed by atoms with E-state index in [1.165, 1.54) is 6.07 Å². The van der Waals surface area contributed by atoms with Gasteiger partial charge >= 0.3 is 6.61 Å². The van der Waals surface area contributed by atoms with Gasteiger partial charge in [-0.2, -0.15) is 8.78 Å². The van der Waals surface area contributed by atoms with Crippen LogP contribution in [-0.2, 0) is 16.1 Å². The van der Waals surface area contributed by atoms with Gasteiger partial charge in [-0.05, 0) is 49.9 Å². The minimum absolute atomic E-state index is 0.00623. The second kappa shape index (κ2) is 14.6. The smallest absolute Gasteiger partial charge is 0.387 e. The molecule has 2 amide bonds. The number of oxazole rings is 1. The number of amides is 2. The molecule has 4 rings (SSSR count). The molecule has 1 aromatic heterocycles. The van der Waals surface area contributed by atoms with Crippen LogP contribution in [0.3, 0.4) is 0 Å². The normalized spacial score (nSPS) is 13.2. The van der Waals surface area contributed by atoms with Crippen LogP contribution in [0.5, 0.6) is 11.5 Å². The highest BCUT2D eigenvalue weighted by atomic mass is 32.2. The second-order valence-corrected chi connectivity index (χ2v) is 9.19. The summed E-state index contributed by atoms with van der Waals surface area (Å²) in [5, 5.41) is 2.18. The SMILES string of the molecule is CSNC(=O)[C@@H](NC=O)c1ccc(F)cc1F.Cc1nc(-c2ccc(OC(F)F)c(OCC3CC3)c2)oc1CN. The lowest BCUT2D eigenvalue weighted by atomic mass is 10.1. The van der Waals surface area contributed by atoms with E-state index in [0.29, 0.717) is 41.5 Å². The molecule has 1 fully saturated rings. The summed E-state index contributed by atoms with van der Waals surface area (Å²) in [5.41, 5.74) is 6.81. The molecule has 216 valence electrons. The molecule has 3 aromatic rings. The Morgan fingerprint density at radius 1 is 1.23 bits per heavy atom. The lowest BCUT2D eigenvalue weighted by Crippen LogP contribution is -2.34. The maximum absolute atomic E-state index is 13.4. The first-order valence-electron chi connectivity index (χ1n) is 12.0. The number of carbonyl (C=O) groups excluding carboxylic acids is 2. The van der Waals surface area contributed by atoms with E-state index in [9.17, 15) is 27.2 Å². The van der Waals surface area contributed by atoms with E-state index in [2.05, 4.69) is 19.8 Å². The quantitative estimate of drug-likeness (QED) is 0.160. The molecule has 14 heteroatoms. The fraction of sp³-hybridized carbons (Fsp3) is 0.346. The van der Waals surface area contributed by atoms with Crippen molar-refractivity contribution in [1.29, 1.82) is 0 Å². The van der Waals surface area contributed by atoms with Crippen molar-refractivity contribution in [2.45, 2.75) is 39.0 Å². The first kappa shape index (κ1) is 30.8. The van der Waals surface area contributed by atoms with E-state index in [1.54, 1.807) is 25.3 Å². The molecule has 9 nitrogen and oxygen atoms in total. The Kier molecular flexibility index (Phi) is 11.2. The molecule has 40 heavy (non-hydrogen) atoms. The van der Waals surface area contributed by atoms with Crippen molar-refractivity contribution in [2.75, 3.05) is 12.9 Å². The average molecular weight is 585 g/mol. The van der Waals surface area contributed by atoms with Crippen LogP contribution in [0.2, 0.25) is 0 Å². The summed E-state index contributed by atoms with van der Waals surface area (Å²) in [7, 11) is 0. The summed E-state index contributed by atoms with van der Waals surface area (Å²) in [6.45, 7) is -0.372. The first-order chi connectivity index (χ1) is 19.2. The van der Waals surface area contributed by atoms with Crippen molar-refractivity contribution in [3.63, 3.8) is 0 Å². The van der Waals surface area contributed by atoms with Crippen LogP contribution in [-0.4, -0.2) is 36.8 Å². The Morgan fingerprint density at radius 2 is 1.98 bits per heavy atom. The summed E-state index contributed by atoms with van der Waals surface area (Å²) in [6.07, 6.45) is 4.09. The van der Waals surface area contributed by atoms with Gasteiger partial charge in [-0.1, -0.05) is 18.0 Å². The molecule has 4 N–H and O–H groups in total. The molecule has 1 heterocycles. The summed E-state index contributed by atoms with van der Waals surface area (Å²) < 4.78 is 69.3. The molecule has 0 bridgehead atoms. The number of aryl methyl sites for hydroxylation is 1. The number of aromatic nitrogens is 1. The molecular formula is C26H28F4N4O5S. The van der Waals surface area contributed by atoms with Crippen molar-refractivity contribution in [3.8, 4) is 23.0 Å². The zero-order valence-corrected chi connectivity index (χ0v) is 22.4. The molecule has 0 radical (unpaired) electrons. The summed E-state index contributed by atoms with van der Waals surface area (Å²) in [6, 6.07) is 6.25. The van der Waals surface area contributed by atoms with Gasteiger partial charge in [0.1, 0.15) is 23.4 Å². The van der Waals surface area contributed by atoms with Gasteiger partial charge in [0, 0.05) is 23.4 Å². The van der Waals surface area contributed by atoms with Gasteiger partial charge in [-0.3, -0.25) is 14.3 Å². The summed E-state index contributed by atoms with van der Waals surface area (Å²) in [5.74, 6) is -0.495. The third-order valence-corrected chi connectivity index (χ3v) is 6.03. The molecule has 1 saturated carbocycles. The number of nitrogens with two attached hydrogens (primary N) is 1. The number of ether oxygens (including phenoxy) is 2. The van der Waals surface area contributed by atoms with Crippen molar-refractivity contribution in [3.05, 3.63) is 65.1 Å². The Morgan fingerprint density at radius 3 is 2.55 bits per heavy atom. The van der Waals surface area contributed by atoms with Crippen LogP contribution >= 0.6 is 11.9 Å². The predicted octanol–water partition coefficient (Wildman–Crippen LogP) is 4.65. The highest BCUT2D eigenvalue weighted by Gasteiger charge is 2.24. The molecule has 1 atom stereocenters. The molecule has 2 aromatic carbocycles. The van der Waals surface area contributed by atoms with Gasteiger partial charge in [0.2, 0.25) is 12.3 Å². The fourth-order valence-corrected chi connectivity index (χ4v) is 3.77. The van der Waals surface area contributed by atoms with E-state index >= 15 is 0 Å². The number of hydrogen-bond acceptors (Lipinski definition) is 8. The number of nitrogens with one attached hydrogen (secondary N) is 2. The minimum atomic E-state index is -2.91. The van der Waals surface area contributed by atoms with E-state index in [0.717, 1.165) is 36.9 Å². The van der Waals surface area contributed by atoms with Crippen LogP contribution in [0.15, 0.2) is 40.8 Å². The van der Waals surface area contributed by atoms with Crippen molar-refractivity contribution >= 4 is 24.3 Å². The topological polar surface area (TPSA) is 129 Å². The van der Waals surface area contributed by atoms with E-state index in [1.807, 2.05) is 0 Å². The number of carbonyl (C=O) groups is 2. The standard InChI is InChI=1S/C16H18F2N2O3.C10H10F2N2O2S/c1-9-14(7-19)22-15(20-9)11-4-5-12(23-16(17)18)13(6-11)21-8-10-2-3-10;1-17-14-10(16)9(13-5-15)7-3-2-6(11)4-8(7)12/h4-6,10,16H,2-3,7-8,19H2,1H3;2-5,9H,1H3,(H,13,15)(H,14,16)/t;9-/m.0/s1. The summed E-state index contributed by atoms with van der Waals surface area (Å²) >= 11 is 1.02. The monoisotopic (exact) mass is 584 g/mol. The van der Waals surface area contributed by atoms with Crippen LogP contribution in [0.1, 0.15) is 35.9 Å². The van der Waals surface area contributed by atoms with E-state index < -0.39 is 30.2 Å². The fourth-order valence-electron chi connectivity index (χ4n) is 3.45. The molecular weight excluding hydrogens is 556 g/mol. The Hall–Kier alpha value is -3.78. The molecule has 1 aliphatic carbocycles. The summed E-state index contributed by atoms with van der Waals surface area (Å²) in [4.78, 5) is 26.2. The lowest BCUT2D eigenvalue weighted by Gasteiger charge is -2.15. The Labute approximate surface area is 231 Å². The molecule has 1 aliphatic rings. The lowest BCUT2D eigenvalue weighted by molar-refractivity contribution is -0.123. The molecule has 0 aliphatic heterocycles. The number of rotatable bonds is 12. The van der Waals surface area contributed by atoms with Crippen molar-refractivity contribution < 1.29 is 41.0 Å². The van der Waals surface area contributed by atoms with Crippen LogP contribution in [0.4, 0.5) is 17.6 Å². The number of alkyl halides is 2. The van der Waals surface area contributed by atoms with Crippen molar-refractivity contribution in [1.82, 2.24) is 15.0 Å². The van der Waals surface area contributed by atoms with Gasteiger partial charge < -0.3 is 24.9 Å². The molecule has 0 spiro atoms. The van der Waals surface area contributed by atoms with Crippen LogP contribution in [0.25, 0.3) is 11.5 Å². The van der Waals surface area contributed by atoms with E-state index in [4.69, 9.17) is 14.9 Å². The molecule has 0 unspecified atom stereocenters. The Balaban J connectivity index is 0.000000232. The highest BCUT2D eigenvalue weighted by molar-refractivity contribution is 7.97. The van der Waals surface area contributed by atoms with Gasteiger partial charge in [0.05, 0.1) is 18.8 Å². The largest absolute Gasteiger partial charge is 0.489 e. The maximum Gasteiger partial charge on any atom is 0.387 e. The van der Waals surface area contributed by atoms with Crippen molar-refractivity contribution in [2.24, 2.45) is 11.7 Å². The zero-order valence-electron chi connectivity index (χ0n) is 21.6. The maximum atomic E-state index is 13.4. The Bertz CT molecular complexity index is 1310. The number of nitrogens with zero attached hydrogens (tertiary/aromatic N) is 1. The number of hydrogen-bond donors (Lipinski definition) is 3. The van der Waals surface area contributed by atoms with Gasteiger partial charge in [-0.15, -0.1) is 0 Å². The average Bonchev–Trinajstić information content (AvgIpc) is 3.67. The number of benzene rings is 2. The molecule has 0 saturated heterocycles. The van der Waals surface area contributed by atoms with Gasteiger partial charge in [-0.25, -0.2) is 13.8 Å². The van der Waals surface area contributed by atoms with Gasteiger partial charge in [0.15, 0.2) is 11.5 Å². The highest BCUT2D eigenvalue weighted by Crippen LogP contribution is 2.36. The van der Waals surface area contributed by atoms with Crippen LogP contribution < -0.4 is 25.2 Å². The predicted molar refractivity (Wildman–Crippen MR) is 139 cm³/mol. The minimum Gasteiger partial charge on any atom is -0.489 e. The third kappa shape index (κ3) is 8.61. The van der Waals surface area contributed by atoms with Gasteiger partial charge in [0.25, 0.3) is 5.91 Å². The van der Waals surface area contributed by atoms with E-state index in [-0.39, 0.29) is 30.0 Å².